The van der Waals surface area contributed by atoms with E-state index in [4.69, 9.17) is 29.2 Å². The third-order valence-electron chi connectivity index (χ3n) is 7.08. The molecule has 3 aromatic rings. The van der Waals surface area contributed by atoms with Crippen molar-refractivity contribution in [3.05, 3.63) is 23.7 Å². The maximum atomic E-state index is 10.9. The summed E-state index contributed by atoms with van der Waals surface area (Å²) in [7, 11) is 1.66. The predicted octanol–water partition coefficient (Wildman–Crippen LogP) is 3.91. The van der Waals surface area contributed by atoms with E-state index < -0.39 is 11.4 Å². The first-order valence-electron chi connectivity index (χ1n) is 12.7. The van der Waals surface area contributed by atoms with E-state index in [0.29, 0.717) is 31.3 Å². The molecule has 2 aliphatic rings. The highest BCUT2D eigenvalue weighted by molar-refractivity contribution is 7.21. The Kier molecular flexibility index (Phi) is 6.86. The summed E-state index contributed by atoms with van der Waals surface area (Å²) in [5, 5.41) is 18.7. The molecule has 3 aromatic heterocycles. The Labute approximate surface area is 221 Å². The summed E-state index contributed by atoms with van der Waals surface area (Å²) in [5.41, 5.74) is 2.50. The van der Waals surface area contributed by atoms with E-state index in [1.165, 1.54) is 0 Å². The number of hydrogen-bond donors (Lipinski definition) is 3. The van der Waals surface area contributed by atoms with Gasteiger partial charge in [-0.1, -0.05) is 0 Å². The third kappa shape index (κ3) is 5.15. The molecule has 1 aliphatic heterocycles. The number of methoxy groups -OCH3 is 1. The summed E-state index contributed by atoms with van der Waals surface area (Å²) in [4.78, 5) is 18.9. The number of hydrogen-bond acceptors (Lipinski definition) is 11. The van der Waals surface area contributed by atoms with E-state index in [2.05, 4.69) is 15.6 Å². The fraction of sp³-hybridized carbons (Fsp3) is 0.615. The normalized spacial score (nSPS) is 25.0. The number of fused-ring (bicyclic) bond motifs is 2. The standard InChI is InChI=1S/C26H36N6O4S/c1-13-18(23-31-19-14(2)27-9-8-17(19)37-23)22(32-24(29-13)28-10-11-34-7)30-16-12-15(25(3,4)33)20-21(16)36-26(5,6)35-20/h8-9,15-16,20-21,33H,10-12H2,1-7H3,(H2,28,29,30,32). The van der Waals surface area contributed by atoms with E-state index in [-0.39, 0.29) is 24.2 Å². The average molecular weight is 529 g/mol. The lowest BCUT2D eigenvalue weighted by Gasteiger charge is -2.31. The number of aliphatic hydroxyl groups is 1. The molecule has 2 fully saturated rings. The van der Waals surface area contributed by atoms with E-state index in [1.54, 1.807) is 24.6 Å². The molecule has 37 heavy (non-hydrogen) atoms. The minimum atomic E-state index is -0.919. The maximum absolute atomic E-state index is 10.9. The summed E-state index contributed by atoms with van der Waals surface area (Å²) < 4.78 is 18.8. The van der Waals surface area contributed by atoms with Crippen LogP contribution in [-0.2, 0) is 14.2 Å². The summed E-state index contributed by atoms with van der Waals surface area (Å²) in [6.45, 7) is 12.6. The van der Waals surface area contributed by atoms with Crippen LogP contribution in [-0.4, -0.2) is 74.9 Å². The Morgan fingerprint density at radius 3 is 2.62 bits per heavy atom. The van der Waals surface area contributed by atoms with Gasteiger partial charge in [-0.2, -0.15) is 4.98 Å². The molecule has 0 aromatic carbocycles. The fourth-order valence-corrected chi connectivity index (χ4v) is 6.47. The van der Waals surface area contributed by atoms with Crippen molar-refractivity contribution in [3.63, 3.8) is 0 Å². The lowest BCUT2D eigenvalue weighted by molar-refractivity contribution is -0.166. The van der Waals surface area contributed by atoms with Gasteiger partial charge in [-0.05, 0) is 54.0 Å². The van der Waals surface area contributed by atoms with Crippen LogP contribution in [0, 0.1) is 19.8 Å². The van der Waals surface area contributed by atoms with Crippen molar-refractivity contribution in [2.24, 2.45) is 5.92 Å². The largest absolute Gasteiger partial charge is 0.390 e. The lowest BCUT2D eigenvalue weighted by Crippen LogP contribution is -2.39. The SMILES string of the molecule is COCCNc1nc(C)c(-c2nc3c(C)nccc3s2)c(NC2CC(C(C)(C)O)C3OC(C)(C)OC23)n1. The summed E-state index contributed by atoms with van der Waals surface area (Å²) in [6, 6.07) is 1.86. The molecule has 0 amide bonds. The highest BCUT2D eigenvalue weighted by atomic mass is 32.1. The van der Waals surface area contributed by atoms with Gasteiger partial charge in [-0.15, -0.1) is 11.3 Å². The number of pyridine rings is 1. The Hall–Kier alpha value is -2.44. The Morgan fingerprint density at radius 1 is 1.16 bits per heavy atom. The van der Waals surface area contributed by atoms with Crippen LogP contribution in [0.25, 0.3) is 20.8 Å². The quantitative estimate of drug-likeness (QED) is 0.371. The summed E-state index contributed by atoms with van der Waals surface area (Å²) >= 11 is 1.59. The average Bonchev–Trinajstić information content (AvgIpc) is 3.45. The zero-order valence-electron chi connectivity index (χ0n) is 22.5. The first-order valence-corrected chi connectivity index (χ1v) is 13.5. The number of aryl methyl sites for hydroxylation is 2. The molecule has 0 bridgehead atoms. The van der Waals surface area contributed by atoms with E-state index in [9.17, 15) is 5.11 Å². The third-order valence-corrected chi connectivity index (χ3v) is 8.12. The Bertz CT molecular complexity index is 1290. The van der Waals surface area contributed by atoms with E-state index >= 15 is 0 Å². The zero-order chi connectivity index (χ0) is 26.5. The molecule has 200 valence electrons. The minimum absolute atomic E-state index is 0.0985. The van der Waals surface area contributed by atoms with Gasteiger partial charge in [-0.3, -0.25) is 4.98 Å². The van der Waals surface area contributed by atoms with Crippen LogP contribution in [0.3, 0.4) is 0 Å². The van der Waals surface area contributed by atoms with Gasteiger partial charge in [0.05, 0.1) is 46.0 Å². The lowest BCUT2D eigenvalue weighted by atomic mass is 9.87. The number of aromatic nitrogens is 4. The molecule has 11 heteroatoms. The van der Waals surface area contributed by atoms with Crippen LogP contribution in [0.15, 0.2) is 12.3 Å². The molecule has 4 unspecified atom stereocenters. The van der Waals surface area contributed by atoms with Gasteiger partial charge < -0.3 is 30.0 Å². The van der Waals surface area contributed by atoms with Crippen molar-refractivity contribution in [2.45, 2.75) is 77.6 Å². The molecule has 5 rings (SSSR count). The molecule has 3 N–H and O–H groups in total. The van der Waals surface area contributed by atoms with Crippen LogP contribution in [0.1, 0.15) is 45.5 Å². The smallest absolute Gasteiger partial charge is 0.224 e. The van der Waals surface area contributed by atoms with Gasteiger partial charge in [0, 0.05) is 25.8 Å². The van der Waals surface area contributed by atoms with Gasteiger partial charge in [0.15, 0.2) is 5.79 Å². The fourth-order valence-electron chi connectivity index (χ4n) is 5.35. The minimum Gasteiger partial charge on any atom is -0.390 e. The van der Waals surface area contributed by atoms with Crippen LogP contribution in [0.2, 0.25) is 0 Å². The molecule has 0 spiro atoms. The number of ether oxygens (including phenoxy) is 3. The summed E-state index contributed by atoms with van der Waals surface area (Å²) in [6.07, 6.45) is 2.02. The molecular weight excluding hydrogens is 492 g/mol. The number of thiazole rings is 1. The van der Waals surface area contributed by atoms with Crippen LogP contribution < -0.4 is 10.6 Å². The van der Waals surface area contributed by atoms with Crippen molar-refractivity contribution < 1.29 is 19.3 Å². The van der Waals surface area contributed by atoms with Gasteiger partial charge in [0.1, 0.15) is 22.4 Å². The topological polar surface area (TPSA) is 124 Å². The molecule has 0 radical (unpaired) electrons. The number of nitrogens with zero attached hydrogens (tertiary/aromatic N) is 4. The number of rotatable bonds is 8. The maximum Gasteiger partial charge on any atom is 0.224 e. The van der Waals surface area contributed by atoms with Crippen molar-refractivity contribution >= 4 is 33.3 Å². The number of nitrogens with one attached hydrogen (secondary N) is 2. The monoisotopic (exact) mass is 528 g/mol. The second-order valence-corrected chi connectivity index (χ2v) is 11.9. The van der Waals surface area contributed by atoms with E-state index in [0.717, 1.165) is 32.2 Å². The molecule has 4 atom stereocenters. The van der Waals surface area contributed by atoms with Crippen molar-refractivity contribution in [2.75, 3.05) is 30.9 Å². The van der Waals surface area contributed by atoms with Crippen LogP contribution in [0.4, 0.5) is 11.8 Å². The van der Waals surface area contributed by atoms with Crippen molar-refractivity contribution in [3.8, 4) is 10.6 Å². The molecule has 1 saturated heterocycles. The summed E-state index contributed by atoms with van der Waals surface area (Å²) in [5.74, 6) is 0.357. The van der Waals surface area contributed by atoms with Gasteiger partial charge >= 0.3 is 0 Å². The molecular formula is C26H36N6O4S. The highest BCUT2D eigenvalue weighted by Crippen LogP contribution is 2.47. The van der Waals surface area contributed by atoms with Crippen LogP contribution in [0.5, 0.6) is 0 Å². The van der Waals surface area contributed by atoms with Gasteiger partial charge in [-0.25, -0.2) is 9.97 Å². The van der Waals surface area contributed by atoms with Crippen molar-refractivity contribution in [1.29, 1.82) is 0 Å². The molecule has 4 heterocycles. The second-order valence-electron chi connectivity index (χ2n) is 10.8. The first kappa shape index (κ1) is 26.2. The number of anilines is 2. The van der Waals surface area contributed by atoms with E-state index in [1.807, 2.05) is 47.6 Å². The van der Waals surface area contributed by atoms with Gasteiger partial charge in [0.25, 0.3) is 0 Å². The molecule has 1 saturated carbocycles. The first-order chi connectivity index (χ1) is 17.5. The predicted molar refractivity (Wildman–Crippen MR) is 144 cm³/mol. The zero-order valence-corrected chi connectivity index (χ0v) is 23.3. The highest BCUT2D eigenvalue weighted by Gasteiger charge is 2.57. The van der Waals surface area contributed by atoms with Gasteiger partial charge in [0.2, 0.25) is 5.95 Å². The molecule has 10 nitrogen and oxygen atoms in total. The molecule has 1 aliphatic carbocycles. The van der Waals surface area contributed by atoms with Crippen molar-refractivity contribution in [1.82, 2.24) is 19.9 Å². The Morgan fingerprint density at radius 2 is 1.92 bits per heavy atom. The Balaban J connectivity index is 1.55. The van der Waals surface area contributed by atoms with Crippen LogP contribution >= 0.6 is 11.3 Å². The second kappa shape index (κ2) is 9.70.